The molecule has 0 unspecified atom stereocenters. The van der Waals surface area contributed by atoms with Crippen molar-refractivity contribution in [1.82, 2.24) is 0 Å². The number of nitrogens with zero attached hydrogens (tertiary/aromatic N) is 1. The third kappa shape index (κ3) is 4.16. The second-order valence-electron chi connectivity index (χ2n) is 7.62. The molecule has 2 aromatic carbocycles. The number of anilines is 2. The molecule has 0 bridgehead atoms. The third-order valence-corrected chi connectivity index (χ3v) is 8.38. The molecule has 2 fully saturated rings. The van der Waals surface area contributed by atoms with Crippen LogP contribution in [0.5, 0.6) is 0 Å². The van der Waals surface area contributed by atoms with E-state index in [0.717, 1.165) is 0 Å². The summed E-state index contributed by atoms with van der Waals surface area (Å²) in [4.78, 5) is 51.2. The Morgan fingerprint density at radius 2 is 1.48 bits per heavy atom. The first-order valence-electron chi connectivity index (χ1n) is 9.67. The van der Waals surface area contributed by atoms with Gasteiger partial charge in [-0.2, -0.15) is 0 Å². The topological polar surface area (TPSA) is 104 Å². The van der Waals surface area contributed by atoms with Gasteiger partial charge in [-0.1, -0.05) is 44.0 Å². The van der Waals surface area contributed by atoms with Crippen LogP contribution < -0.4 is 10.2 Å². The van der Waals surface area contributed by atoms with Crippen LogP contribution >= 0.6 is 31.9 Å². The highest BCUT2D eigenvalue weighted by molar-refractivity contribution is 9.12. The number of rotatable bonds is 4. The van der Waals surface area contributed by atoms with Gasteiger partial charge in [0.15, 0.2) is 0 Å². The molecule has 1 saturated heterocycles. The van der Waals surface area contributed by atoms with Crippen LogP contribution in [-0.2, 0) is 9.59 Å². The lowest BCUT2D eigenvalue weighted by Gasteiger charge is -2.29. The number of aromatic carboxylic acids is 1. The molecule has 2 aromatic rings. The molecule has 2 aliphatic rings. The van der Waals surface area contributed by atoms with Crippen molar-refractivity contribution in [3.05, 3.63) is 59.7 Å². The number of carbonyl (C=O) groups is 4. The standard InChI is InChI=1S/C22H18Br2N2O5/c23-17-9-15-16(10-18(17)24)21(29)26(20(15)28)14-6-2-3-11(8-14)19(27)25-13-5-1-4-12(7-13)22(30)31/h1-8,15-18H,9-10H2,(H,25,27)(H,30,31)/t15-,16+,17-,18-/m0/s1. The maximum Gasteiger partial charge on any atom is 0.335 e. The summed E-state index contributed by atoms with van der Waals surface area (Å²) in [5.74, 6) is -2.80. The molecule has 7 nitrogen and oxygen atoms in total. The molecule has 1 aliphatic carbocycles. The average molecular weight is 550 g/mol. The van der Waals surface area contributed by atoms with E-state index in [4.69, 9.17) is 5.11 Å². The van der Waals surface area contributed by atoms with Crippen LogP contribution in [0.3, 0.4) is 0 Å². The Labute approximate surface area is 195 Å². The van der Waals surface area contributed by atoms with Crippen LogP contribution in [0.2, 0.25) is 0 Å². The lowest BCUT2D eigenvalue weighted by molar-refractivity contribution is -0.122. The third-order valence-electron chi connectivity index (χ3n) is 5.65. The van der Waals surface area contributed by atoms with E-state index in [1.165, 1.54) is 29.2 Å². The molecule has 9 heteroatoms. The maximum atomic E-state index is 13.0. The van der Waals surface area contributed by atoms with E-state index < -0.39 is 11.9 Å². The Bertz CT molecular complexity index is 1060. The van der Waals surface area contributed by atoms with Crippen molar-refractivity contribution in [3.63, 3.8) is 0 Å². The van der Waals surface area contributed by atoms with Gasteiger partial charge in [0, 0.05) is 20.9 Å². The molecule has 4 atom stereocenters. The molecular weight excluding hydrogens is 532 g/mol. The lowest BCUT2D eigenvalue weighted by Crippen LogP contribution is -2.34. The zero-order valence-electron chi connectivity index (χ0n) is 16.1. The Hall–Kier alpha value is -2.52. The number of carbonyl (C=O) groups excluding carboxylic acids is 3. The van der Waals surface area contributed by atoms with Crippen molar-refractivity contribution in [2.45, 2.75) is 22.5 Å². The van der Waals surface area contributed by atoms with Crippen molar-refractivity contribution < 1.29 is 24.3 Å². The molecule has 1 heterocycles. The van der Waals surface area contributed by atoms with Gasteiger partial charge >= 0.3 is 5.97 Å². The van der Waals surface area contributed by atoms with Gasteiger partial charge in [-0.05, 0) is 49.2 Å². The molecule has 1 aliphatic heterocycles. The summed E-state index contributed by atoms with van der Waals surface area (Å²) in [6, 6.07) is 12.2. The minimum Gasteiger partial charge on any atom is -0.478 e. The number of nitrogens with one attached hydrogen (secondary N) is 1. The van der Waals surface area contributed by atoms with E-state index in [0.29, 0.717) is 24.2 Å². The highest BCUT2D eigenvalue weighted by Gasteiger charge is 2.52. The number of halogens is 2. The summed E-state index contributed by atoms with van der Waals surface area (Å²) in [5, 5.41) is 11.8. The number of hydrogen-bond acceptors (Lipinski definition) is 4. The van der Waals surface area contributed by atoms with Gasteiger partial charge in [0.2, 0.25) is 11.8 Å². The first kappa shape index (κ1) is 21.7. The molecule has 4 rings (SSSR count). The summed E-state index contributed by atoms with van der Waals surface area (Å²) < 4.78 is 0. The minimum absolute atomic E-state index is 0.0533. The van der Waals surface area contributed by atoms with Gasteiger partial charge in [-0.3, -0.25) is 19.3 Å². The quantitative estimate of drug-likeness (QED) is 0.442. The summed E-state index contributed by atoms with van der Waals surface area (Å²) in [7, 11) is 0. The van der Waals surface area contributed by atoms with Gasteiger partial charge < -0.3 is 10.4 Å². The molecule has 1 saturated carbocycles. The number of carboxylic acids is 1. The van der Waals surface area contributed by atoms with Gasteiger partial charge in [0.05, 0.1) is 23.1 Å². The molecule has 0 aromatic heterocycles. The first-order chi connectivity index (χ1) is 14.8. The van der Waals surface area contributed by atoms with Crippen LogP contribution in [0.25, 0.3) is 0 Å². The van der Waals surface area contributed by atoms with Crippen LogP contribution in [0, 0.1) is 11.8 Å². The lowest BCUT2D eigenvalue weighted by atomic mass is 9.81. The second kappa shape index (κ2) is 8.55. The number of hydrogen-bond donors (Lipinski definition) is 2. The average Bonchev–Trinajstić information content (AvgIpc) is 2.98. The van der Waals surface area contributed by atoms with E-state index >= 15 is 0 Å². The van der Waals surface area contributed by atoms with Crippen molar-refractivity contribution >= 4 is 66.9 Å². The number of carboxylic acid groups (broad SMARTS) is 1. The van der Waals surface area contributed by atoms with Crippen molar-refractivity contribution in [3.8, 4) is 0 Å². The Kier molecular flexibility index (Phi) is 5.98. The van der Waals surface area contributed by atoms with Crippen LogP contribution in [0.15, 0.2) is 48.5 Å². The van der Waals surface area contributed by atoms with Crippen molar-refractivity contribution in [2.24, 2.45) is 11.8 Å². The molecule has 31 heavy (non-hydrogen) atoms. The number of benzene rings is 2. The fourth-order valence-electron chi connectivity index (χ4n) is 4.07. The Morgan fingerprint density at radius 3 is 2.10 bits per heavy atom. The SMILES string of the molecule is O=C(O)c1cccc(NC(=O)c2cccc(N3C(=O)[C@H]4C[C@H](Br)[C@@H](Br)C[C@H]4C3=O)c2)c1. The number of fused-ring (bicyclic) bond motifs is 1. The van der Waals surface area contributed by atoms with E-state index in [2.05, 4.69) is 37.2 Å². The zero-order valence-corrected chi connectivity index (χ0v) is 19.3. The van der Waals surface area contributed by atoms with Crippen molar-refractivity contribution in [1.29, 1.82) is 0 Å². The predicted octanol–water partition coefficient (Wildman–Crippen LogP) is 4.06. The number of alkyl halides is 2. The van der Waals surface area contributed by atoms with Gasteiger partial charge in [-0.15, -0.1) is 0 Å². The Balaban J connectivity index is 1.56. The summed E-state index contributed by atoms with van der Waals surface area (Å²) >= 11 is 7.14. The maximum absolute atomic E-state index is 13.0. The van der Waals surface area contributed by atoms with E-state index in [-0.39, 0.29) is 44.4 Å². The molecule has 0 spiro atoms. The largest absolute Gasteiger partial charge is 0.478 e. The van der Waals surface area contributed by atoms with Gasteiger partial charge in [0.25, 0.3) is 5.91 Å². The first-order valence-corrected chi connectivity index (χ1v) is 11.5. The number of amides is 3. The van der Waals surface area contributed by atoms with Crippen molar-refractivity contribution in [2.75, 3.05) is 10.2 Å². The van der Waals surface area contributed by atoms with Crippen LogP contribution in [0.1, 0.15) is 33.6 Å². The molecule has 0 radical (unpaired) electrons. The second-order valence-corrected chi connectivity index (χ2v) is 9.97. The normalized spacial score (nSPS) is 25.3. The fraction of sp³-hybridized carbons (Fsp3) is 0.273. The molecular formula is C22H18Br2N2O5. The highest BCUT2D eigenvalue weighted by atomic mass is 79.9. The Morgan fingerprint density at radius 1 is 0.903 bits per heavy atom. The fourth-order valence-corrected chi connectivity index (χ4v) is 5.31. The van der Waals surface area contributed by atoms with Gasteiger partial charge in [0.1, 0.15) is 0 Å². The molecule has 2 N–H and O–H groups in total. The monoisotopic (exact) mass is 548 g/mol. The molecule has 3 amide bonds. The zero-order chi connectivity index (χ0) is 22.3. The highest BCUT2D eigenvalue weighted by Crippen LogP contribution is 2.44. The van der Waals surface area contributed by atoms with E-state index in [1.807, 2.05) is 0 Å². The van der Waals surface area contributed by atoms with Crippen LogP contribution in [-0.4, -0.2) is 38.5 Å². The smallest absolute Gasteiger partial charge is 0.335 e. The summed E-state index contributed by atoms with van der Waals surface area (Å²) in [6.07, 6.45) is 1.14. The number of imide groups is 1. The molecule has 160 valence electrons. The predicted molar refractivity (Wildman–Crippen MR) is 122 cm³/mol. The minimum atomic E-state index is -1.10. The van der Waals surface area contributed by atoms with E-state index in [1.54, 1.807) is 24.3 Å². The summed E-state index contributed by atoms with van der Waals surface area (Å²) in [5.41, 5.74) is 0.998. The summed E-state index contributed by atoms with van der Waals surface area (Å²) in [6.45, 7) is 0. The van der Waals surface area contributed by atoms with Crippen LogP contribution in [0.4, 0.5) is 11.4 Å². The van der Waals surface area contributed by atoms with E-state index in [9.17, 15) is 19.2 Å². The van der Waals surface area contributed by atoms with Gasteiger partial charge in [-0.25, -0.2) is 4.79 Å².